The van der Waals surface area contributed by atoms with Crippen molar-refractivity contribution in [3.8, 4) is 0 Å². The number of aliphatic hydroxyl groups excluding tert-OH is 2. The predicted molar refractivity (Wildman–Crippen MR) is 39.6 cm³/mol. The van der Waals surface area contributed by atoms with Crippen molar-refractivity contribution < 1.29 is 10.2 Å². The van der Waals surface area contributed by atoms with E-state index in [0.29, 0.717) is 11.8 Å². The van der Waals surface area contributed by atoms with E-state index in [1.807, 2.05) is 0 Å². The Labute approximate surface area is 61.9 Å². The molecule has 4 unspecified atom stereocenters. The zero-order valence-corrected chi connectivity index (χ0v) is 6.62. The first-order valence-electron chi connectivity index (χ1n) is 3.99. The van der Waals surface area contributed by atoms with E-state index in [4.69, 9.17) is 0 Å². The summed E-state index contributed by atoms with van der Waals surface area (Å²) in [5.74, 6) is 0.694. The zero-order valence-electron chi connectivity index (χ0n) is 6.62. The molecule has 1 aliphatic carbocycles. The Morgan fingerprint density at radius 3 is 1.40 bits per heavy atom. The smallest absolute Gasteiger partial charge is 0.0543 e. The van der Waals surface area contributed by atoms with Gasteiger partial charge >= 0.3 is 0 Å². The molecule has 0 saturated heterocycles. The highest BCUT2D eigenvalue weighted by atomic mass is 16.3. The molecule has 1 rings (SSSR count). The van der Waals surface area contributed by atoms with Gasteiger partial charge in [0.1, 0.15) is 0 Å². The summed E-state index contributed by atoms with van der Waals surface area (Å²) in [6, 6.07) is 0. The minimum Gasteiger partial charge on any atom is -0.393 e. The van der Waals surface area contributed by atoms with Crippen molar-refractivity contribution in [2.45, 2.75) is 38.9 Å². The van der Waals surface area contributed by atoms with Crippen molar-refractivity contribution in [3.05, 3.63) is 0 Å². The molecule has 1 aliphatic rings. The van der Waals surface area contributed by atoms with E-state index in [1.165, 1.54) is 0 Å². The van der Waals surface area contributed by atoms with E-state index in [2.05, 4.69) is 0 Å². The highest BCUT2D eigenvalue weighted by molar-refractivity contribution is 4.86. The fourth-order valence-electron chi connectivity index (χ4n) is 1.75. The fourth-order valence-corrected chi connectivity index (χ4v) is 1.75. The quantitative estimate of drug-likeness (QED) is 0.601. The molecule has 60 valence electrons. The summed E-state index contributed by atoms with van der Waals surface area (Å²) in [7, 11) is 0. The molecule has 2 nitrogen and oxygen atoms in total. The van der Waals surface area contributed by atoms with E-state index in [1.54, 1.807) is 13.8 Å². The van der Waals surface area contributed by atoms with Gasteiger partial charge in [-0.1, -0.05) is 0 Å². The maximum absolute atomic E-state index is 9.18. The number of aliphatic hydroxyl groups is 2. The molecule has 0 radical (unpaired) electrons. The van der Waals surface area contributed by atoms with Gasteiger partial charge in [-0.2, -0.15) is 0 Å². The first-order valence-corrected chi connectivity index (χ1v) is 3.99. The van der Waals surface area contributed by atoms with Crippen LogP contribution in [0.4, 0.5) is 0 Å². The summed E-state index contributed by atoms with van der Waals surface area (Å²) in [5, 5.41) is 18.4. The molecule has 2 N–H and O–H groups in total. The molecule has 4 atom stereocenters. The van der Waals surface area contributed by atoms with E-state index in [-0.39, 0.29) is 12.2 Å². The minimum atomic E-state index is -0.242. The molecule has 0 aromatic rings. The van der Waals surface area contributed by atoms with Crippen molar-refractivity contribution in [2.24, 2.45) is 11.8 Å². The van der Waals surface area contributed by atoms with Crippen molar-refractivity contribution in [1.29, 1.82) is 0 Å². The molecule has 0 aliphatic heterocycles. The van der Waals surface area contributed by atoms with Crippen molar-refractivity contribution in [1.82, 2.24) is 0 Å². The predicted octanol–water partition coefficient (Wildman–Crippen LogP) is 0.774. The second-order valence-corrected chi connectivity index (χ2v) is 3.39. The molecule has 0 bridgehead atoms. The second kappa shape index (κ2) is 2.89. The normalized spacial score (nSPS) is 38.4. The molecule has 1 saturated carbocycles. The van der Waals surface area contributed by atoms with Crippen molar-refractivity contribution in [2.75, 3.05) is 0 Å². The third-order valence-corrected chi connectivity index (χ3v) is 2.62. The summed E-state index contributed by atoms with van der Waals surface area (Å²) < 4.78 is 0. The van der Waals surface area contributed by atoms with Crippen LogP contribution >= 0.6 is 0 Å². The van der Waals surface area contributed by atoms with Gasteiger partial charge in [-0.15, -0.1) is 0 Å². The van der Waals surface area contributed by atoms with Gasteiger partial charge in [0.15, 0.2) is 0 Å². The van der Waals surface area contributed by atoms with Gasteiger partial charge in [-0.05, 0) is 38.5 Å². The number of hydrogen-bond acceptors (Lipinski definition) is 2. The van der Waals surface area contributed by atoms with Crippen molar-refractivity contribution in [3.63, 3.8) is 0 Å². The van der Waals surface area contributed by atoms with Crippen LogP contribution in [0.5, 0.6) is 0 Å². The van der Waals surface area contributed by atoms with Crippen LogP contribution in [0.15, 0.2) is 0 Å². The van der Waals surface area contributed by atoms with Crippen LogP contribution in [-0.4, -0.2) is 22.4 Å². The molecule has 1 fully saturated rings. The number of rotatable bonds is 2. The van der Waals surface area contributed by atoms with E-state index >= 15 is 0 Å². The Kier molecular flexibility index (Phi) is 2.32. The van der Waals surface area contributed by atoms with E-state index in [9.17, 15) is 10.2 Å². The van der Waals surface area contributed by atoms with Gasteiger partial charge < -0.3 is 10.2 Å². The van der Waals surface area contributed by atoms with Crippen LogP contribution in [0.25, 0.3) is 0 Å². The Balaban J connectivity index is 2.36. The van der Waals surface area contributed by atoms with Gasteiger partial charge in [-0.3, -0.25) is 0 Å². The van der Waals surface area contributed by atoms with E-state index in [0.717, 1.165) is 12.8 Å². The molecule has 0 aromatic heterocycles. The Bertz CT molecular complexity index is 95.8. The molecule has 0 spiro atoms. The summed E-state index contributed by atoms with van der Waals surface area (Å²) in [6.07, 6.45) is 1.67. The summed E-state index contributed by atoms with van der Waals surface area (Å²) in [6.45, 7) is 3.61. The molecule has 10 heavy (non-hydrogen) atoms. The SMILES string of the molecule is CC(O)C1CCC1C(C)O. The summed E-state index contributed by atoms with van der Waals surface area (Å²) in [5.41, 5.74) is 0. The maximum Gasteiger partial charge on any atom is 0.0543 e. The molecule has 0 heterocycles. The van der Waals surface area contributed by atoms with Gasteiger partial charge in [-0.25, -0.2) is 0 Å². The lowest BCUT2D eigenvalue weighted by Crippen LogP contribution is -2.40. The van der Waals surface area contributed by atoms with Crippen LogP contribution < -0.4 is 0 Å². The molecule has 2 heteroatoms. The summed E-state index contributed by atoms with van der Waals surface area (Å²) in [4.78, 5) is 0. The van der Waals surface area contributed by atoms with Gasteiger partial charge in [0, 0.05) is 0 Å². The molecule has 0 amide bonds. The summed E-state index contributed by atoms with van der Waals surface area (Å²) >= 11 is 0. The maximum atomic E-state index is 9.18. The monoisotopic (exact) mass is 144 g/mol. The average molecular weight is 144 g/mol. The van der Waals surface area contributed by atoms with Crippen LogP contribution in [0.3, 0.4) is 0 Å². The zero-order chi connectivity index (χ0) is 7.72. The number of hydrogen-bond donors (Lipinski definition) is 2. The molecule has 0 aromatic carbocycles. The lowest BCUT2D eigenvalue weighted by atomic mass is 9.68. The highest BCUT2D eigenvalue weighted by Crippen LogP contribution is 2.38. The second-order valence-electron chi connectivity index (χ2n) is 3.39. The van der Waals surface area contributed by atoms with Crippen LogP contribution in [0.2, 0.25) is 0 Å². The van der Waals surface area contributed by atoms with Crippen LogP contribution in [-0.2, 0) is 0 Å². The Hall–Kier alpha value is -0.0800. The van der Waals surface area contributed by atoms with Gasteiger partial charge in [0.25, 0.3) is 0 Å². The highest BCUT2D eigenvalue weighted by Gasteiger charge is 2.36. The third kappa shape index (κ3) is 1.32. The van der Waals surface area contributed by atoms with Crippen molar-refractivity contribution >= 4 is 0 Å². The minimum absolute atomic E-state index is 0.242. The van der Waals surface area contributed by atoms with Gasteiger partial charge in [0.05, 0.1) is 12.2 Å². The topological polar surface area (TPSA) is 40.5 Å². The molecular formula is C8H16O2. The fraction of sp³-hybridized carbons (Fsp3) is 1.00. The van der Waals surface area contributed by atoms with Gasteiger partial charge in [0.2, 0.25) is 0 Å². The first-order chi connectivity index (χ1) is 4.63. The first kappa shape index (κ1) is 8.02. The third-order valence-electron chi connectivity index (χ3n) is 2.62. The Morgan fingerprint density at radius 1 is 1.00 bits per heavy atom. The molecular weight excluding hydrogens is 128 g/mol. The van der Waals surface area contributed by atoms with Crippen LogP contribution in [0.1, 0.15) is 26.7 Å². The standard InChI is InChI=1S/C8H16O2/c1-5(9)7-3-4-8(7)6(2)10/h5-10H,3-4H2,1-2H3. The van der Waals surface area contributed by atoms with E-state index < -0.39 is 0 Å². The largest absolute Gasteiger partial charge is 0.393 e. The Morgan fingerprint density at radius 2 is 1.30 bits per heavy atom. The average Bonchev–Trinajstić information content (AvgIpc) is 1.56. The lowest BCUT2D eigenvalue weighted by Gasteiger charge is -2.40. The lowest BCUT2D eigenvalue weighted by molar-refractivity contribution is -0.0372. The van der Waals surface area contributed by atoms with Crippen LogP contribution in [0, 0.1) is 11.8 Å².